The predicted molar refractivity (Wildman–Crippen MR) is 146 cm³/mol. The minimum atomic E-state index is 0.185. The fourth-order valence-corrected chi connectivity index (χ4v) is 6.13. The van der Waals surface area contributed by atoms with E-state index in [2.05, 4.69) is 54.2 Å². The van der Waals surface area contributed by atoms with E-state index in [4.69, 9.17) is 5.73 Å². The number of rotatable bonds is 10. The molecule has 3 rings (SSSR count). The molecule has 0 saturated heterocycles. The molecule has 1 heterocycles. The van der Waals surface area contributed by atoms with E-state index < -0.39 is 0 Å². The lowest BCUT2D eigenvalue weighted by atomic mass is 9.71. The summed E-state index contributed by atoms with van der Waals surface area (Å²) >= 11 is 0. The summed E-state index contributed by atoms with van der Waals surface area (Å²) in [6, 6.07) is 0.185. The third-order valence-corrected chi connectivity index (χ3v) is 8.09. The lowest BCUT2D eigenvalue weighted by molar-refractivity contribution is 0.175. The van der Waals surface area contributed by atoms with Crippen LogP contribution in [0.2, 0.25) is 0 Å². The average Bonchev–Trinajstić information content (AvgIpc) is 2.82. The van der Waals surface area contributed by atoms with Crippen molar-refractivity contribution in [3.63, 3.8) is 0 Å². The van der Waals surface area contributed by atoms with E-state index in [0.717, 1.165) is 42.8 Å². The molecule has 0 radical (unpaired) electrons. The number of nitrogens with two attached hydrogens (primary N) is 1. The standard InChI is InChI=1S/C31H49N3/c1-4-9-26-14-17-30(18-15-26)29-12-7-6-10-27(16-19-29)21-28-22-33-31(34-23-28)13-8-11-25(5-2)20-24(3)32/h5-6,8,10-11,22-24,26-27,29-30H,4,7,9,12-21,32H2,1-3H3/b10-6?,11-8-,25-5+. The van der Waals surface area contributed by atoms with Crippen LogP contribution in [0.15, 0.2) is 48.3 Å². The Hall–Kier alpha value is -1.74. The van der Waals surface area contributed by atoms with E-state index in [0.29, 0.717) is 5.92 Å². The van der Waals surface area contributed by atoms with Crippen molar-refractivity contribution >= 4 is 0 Å². The molecule has 1 aromatic rings. The van der Waals surface area contributed by atoms with Crippen LogP contribution in [0.5, 0.6) is 0 Å². The van der Waals surface area contributed by atoms with E-state index in [9.17, 15) is 0 Å². The van der Waals surface area contributed by atoms with Crippen molar-refractivity contribution in [2.75, 3.05) is 0 Å². The molecule has 1 fully saturated rings. The first-order chi connectivity index (χ1) is 16.6. The van der Waals surface area contributed by atoms with Crippen LogP contribution < -0.4 is 5.73 Å². The third kappa shape index (κ3) is 9.13. The molecule has 0 spiro atoms. The van der Waals surface area contributed by atoms with Crippen LogP contribution in [-0.2, 0) is 12.8 Å². The fraction of sp³-hybridized carbons (Fsp3) is 0.677. The molecule has 2 N–H and O–H groups in total. The zero-order chi connectivity index (χ0) is 24.2. The molecule has 0 bridgehead atoms. The van der Waals surface area contributed by atoms with E-state index in [1.165, 1.54) is 75.3 Å². The van der Waals surface area contributed by atoms with Crippen molar-refractivity contribution in [1.29, 1.82) is 0 Å². The molecule has 34 heavy (non-hydrogen) atoms. The molecular formula is C31H49N3. The van der Waals surface area contributed by atoms with E-state index >= 15 is 0 Å². The molecule has 1 aromatic heterocycles. The maximum absolute atomic E-state index is 5.92. The van der Waals surface area contributed by atoms with Gasteiger partial charge < -0.3 is 5.73 Å². The molecule has 3 atom stereocenters. The Morgan fingerprint density at radius 3 is 2.44 bits per heavy atom. The predicted octanol–water partition coefficient (Wildman–Crippen LogP) is 7.77. The molecule has 0 aromatic carbocycles. The van der Waals surface area contributed by atoms with Gasteiger partial charge in [0.25, 0.3) is 0 Å². The molecule has 0 aliphatic heterocycles. The molecule has 2 aliphatic carbocycles. The first kappa shape index (κ1) is 26.9. The Balaban J connectivity index is 1.46. The van der Waals surface area contributed by atoms with E-state index in [-0.39, 0.29) is 6.04 Å². The van der Waals surface area contributed by atoms with Gasteiger partial charge in [-0.05, 0) is 94.4 Å². The van der Waals surface area contributed by atoms with Crippen LogP contribution in [0, 0.1) is 23.7 Å². The summed E-state index contributed by atoms with van der Waals surface area (Å²) in [6.45, 7) is 6.45. The number of nitrogens with zero attached hydrogens (tertiary/aromatic N) is 2. The Morgan fingerprint density at radius 2 is 1.76 bits per heavy atom. The lowest BCUT2D eigenvalue weighted by Gasteiger charge is -2.35. The van der Waals surface area contributed by atoms with E-state index in [1.807, 2.05) is 19.3 Å². The lowest BCUT2D eigenvalue weighted by Crippen LogP contribution is -2.23. The van der Waals surface area contributed by atoms with Gasteiger partial charge in [0.1, 0.15) is 5.82 Å². The number of allylic oxidation sites excluding steroid dienone is 5. The van der Waals surface area contributed by atoms with E-state index in [1.54, 1.807) is 0 Å². The van der Waals surface area contributed by atoms with Gasteiger partial charge in [-0.2, -0.15) is 0 Å². The molecule has 0 amide bonds. The zero-order valence-corrected chi connectivity index (χ0v) is 22.1. The van der Waals surface area contributed by atoms with Gasteiger partial charge in [0, 0.05) is 24.9 Å². The van der Waals surface area contributed by atoms with Crippen LogP contribution in [0.25, 0.3) is 0 Å². The van der Waals surface area contributed by atoms with Gasteiger partial charge in [0.2, 0.25) is 0 Å². The van der Waals surface area contributed by atoms with Crippen molar-refractivity contribution in [2.45, 2.75) is 110 Å². The molecule has 188 valence electrons. The molecule has 3 nitrogen and oxygen atoms in total. The van der Waals surface area contributed by atoms with Crippen LogP contribution in [0.4, 0.5) is 0 Å². The highest BCUT2D eigenvalue weighted by Crippen LogP contribution is 2.40. The molecular weight excluding hydrogens is 414 g/mol. The quantitative estimate of drug-likeness (QED) is 0.285. The van der Waals surface area contributed by atoms with Crippen LogP contribution in [0.3, 0.4) is 0 Å². The van der Waals surface area contributed by atoms with Gasteiger partial charge in [-0.1, -0.05) is 68.6 Å². The Kier molecular flexibility index (Phi) is 11.5. The molecule has 1 saturated carbocycles. The summed E-state index contributed by atoms with van der Waals surface area (Å²) in [4.78, 5) is 9.30. The highest BCUT2D eigenvalue weighted by Gasteiger charge is 2.27. The van der Waals surface area contributed by atoms with Crippen molar-refractivity contribution in [1.82, 2.24) is 9.97 Å². The summed E-state index contributed by atoms with van der Waals surface area (Å²) in [6.07, 6.45) is 32.3. The van der Waals surface area contributed by atoms with Crippen molar-refractivity contribution in [3.05, 3.63) is 59.7 Å². The summed E-state index contributed by atoms with van der Waals surface area (Å²) in [5.41, 5.74) is 8.46. The monoisotopic (exact) mass is 463 g/mol. The number of hydrogen-bond acceptors (Lipinski definition) is 3. The Bertz CT molecular complexity index is 781. The second kappa shape index (κ2) is 14.6. The highest BCUT2D eigenvalue weighted by molar-refractivity contribution is 5.20. The summed E-state index contributed by atoms with van der Waals surface area (Å²) in [5.74, 6) is 4.45. The first-order valence-electron chi connectivity index (χ1n) is 14.1. The van der Waals surface area contributed by atoms with Gasteiger partial charge in [0.15, 0.2) is 0 Å². The van der Waals surface area contributed by atoms with Gasteiger partial charge >= 0.3 is 0 Å². The van der Waals surface area contributed by atoms with Gasteiger partial charge in [-0.25, -0.2) is 9.97 Å². The molecule has 3 heteroatoms. The Morgan fingerprint density at radius 1 is 1.06 bits per heavy atom. The molecule has 3 unspecified atom stereocenters. The Labute approximate surface area is 209 Å². The SMILES string of the molecule is C/C=C(\C=C/Cc1ncc(CC2C=CCCC(C3CCC(CCC)CC3)CC2)cn1)CC(C)N. The minimum absolute atomic E-state index is 0.185. The molecule has 2 aliphatic rings. The largest absolute Gasteiger partial charge is 0.328 e. The van der Waals surface area contributed by atoms with Crippen molar-refractivity contribution < 1.29 is 0 Å². The zero-order valence-electron chi connectivity index (χ0n) is 22.1. The summed E-state index contributed by atoms with van der Waals surface area (Å²) in [5, 5.41) is 0. The normalized spacial score (nSPS) is 27.5. The first-order valence-corrected chi connectivity index (χ1v) is 14.1. The smallest absolute Gasteiger partial charge is 0.131 e. The van der Waals surface area contributed by atoms with Crippen LogP contribution in [-0.4, -0.2) is 16.0 Å². The van der Waals surface area contributed by atoms with Gasteiger partial charge in [-0.15, -0.1) is 0 Å². The van der Waals surface area contributed by atoms with Crippen molar-refractivity contribution in [2.24, 2.45) is 29.4 Å². The van der Waals surface area contributed by atoms with Crippen molar-refractivity contribution in [3.8, 4) is 0 Å². The van der Waals surface area contributed by atoms with Crippen LogP contribution in [0.1, 0.15) is 103 Å². The highest BCUT2D eigenvalue weighted by atomic mass is 14.9. The number of aromatic nitrogens is 2. The number of hydrogen-bond donors (Lipinski definition) is 1. The van der Waals surface area contributed by atoms with Gasteiger partial charge in [0.05, 0.1) is 0 Å². The summed E-state index contributed by atoms with van der Waals surface area (Å²) in [7, 11) is 0. The maximum atomic E-state index is 5.92. The minimum Gasteiger partial charge on any atom is -0.328 e. The topological polar surface area (TPSA) is 51.8 Å². The maximum Gasteiger partial charge on any atom is 0.131 e. The summed E-state index contributed by atoms with van der Waals surface area (Å²) < 4.78 is 0. The third-order valence-electron chi connectivity index (χ3n) is 8.09. The van der Waals surface area contributed by atoms with Crippen LogP contribution >= 0.6 is 0 Å². The second-order valence-electron chi connectivity index (χ2n) is 11.0. The second-order valence-corrected chi connectivity index (χ2v) is 11.0. The fourth-order valence-electron chi connectivity index (χ4n) is 6.13. The van der Waals surface area contributed by atoms with Gasteiger partial charge in [-0.3, -0.25) is 0 Å². The average molecular weight is 464 g/mol.